The minimum atomic E-state index is 0.332. The van der Waals surface area contributed by atoms with Crippen LogP contribution >= 0.6 is 11.8 Å². The third-order valence-electron chi connectivity index (χ3n) is 2.68. The van der Waals surface area contributed by atoms with Gasteiger partial charge in [0, 0.05) is 6.61 Å². The van der Waals surface area contributed by atoms with Crippen LogP contribution in [0.25, 0.3) is 0 Å². The quantitative estimate of drug-likeness (QED) is 0.658. The van der Waals surface area contributed by atoms with E-state index in [1.165, 1.54) is 44.6 Å². The van der Waals surface area contributed by atoms with Gasteiger partial charge in [0.2, 0.25) is 0 Å². The largest absolute Gasteiger partial charge is 0.396 e. The first-order valence-electron chi connectivity index (χ1n) is 5.74. The summed E-state index contributed by atoms with van der Waals surface area (Å²) in [4.78, 5) is 2.57. The number of thioether (sulfide) groups is 1. The van der Waals surface area contributed by atoms with Gasteiger partial charge < -0.3 is 10.0 Å². The summed E-state index contributed by atoms with van der Waals surface area (Å²) in [6.45, 7) is 6.35. The van der Waals surface area contributed by atoms with Gasteiger partial charge in [0.25, 0.3) is 0 Å². The lowest BCUT2D eigenvalue weighted by Crippen LogP contribution is -2.20. The fraction of sp³-hybridized carbons (Fsp3) is 1.00. The van der Waals surface area contributed by atoms with Crippen molar-refractivity contribution in [2.75, 3.05) is 37.7 Å². The minimum Gasteiger partial charge on any atom is -0.396 e. The molecule has 84 valence electrons. The third kappa shape index (κ3) is 5.23. The number of likely N-dealkylation sites (tertiary alicyclic amines) is 1. The van der Waals surface area contributed by atoms with Gasteiger partial charge in [-0.15, -0.1) is 0 Å². The average molecular weight is 217 g/mol. The Kier molecular flexibility index (Phi) is 6.65. The molecule has 3 heteroatoms. The molecule has 1 rings (SSSR count). The predicted octanol–water partition coefficient (Wildman–Crippen LogP) is 1.83. The molecule has 0 aromatic heterocycles. The van der Waals surface area contributed by atoms with Crippen LogP contribution < -0.4 is 0 Å². The molecule has 1 fully saturated rings. The number of hydrogen-bond acceptors (Lipinski definition) is 3. The molecule has 0 radical (unpaired) electrons. The molecule has 14 heavy (non-hydrogen) atoms. The van der Waals surface area contributed by atoms with Crippen LogP contribution in [0.5, 0.6) is 0 Å². The smallest absolute Gasteiger partial charge is 0.0464 e. The van der Waals surface area contributed by atoms with E-state index in [0.717, 1.165) is 5.75 Å². The second-order valence-corrected chi connectivity index (χ2v) is 5.41. The number of aliphatic hydroxyl groups excluding tert-OH is 1. The normalized spacial score (nSPS) is 20.1. The Morgan fingerprint density at radius 2 is 2.07 bits per heavy atom. The summed E-state index contributed by atoms with van der Waals surface area (Å²) >= 11 is 1.98. The zero-order chi connectivity index (χ0) is 10.2. The lowest BCUT2D eigenvalue weighted by atomic mass is 10.2. The summed E-state index contributed by atoms with van der Waals surface area (Å²) < 4.78 is 0. The van der Waals surface area contributed by atoms with E-state index in [-0.39, 0.29) is 0 Å². The molecule has 0 aromatic carbocycles. The summed E-state index contributed by atoms with van der Waals surface area (Å²) in [5, 5.41) is 8.84. The van der Waals surface area contributed by atoms with Crippen molar-refractivity contribution in [2.24, 2.45) is 5.92 Å². The number of nitrogens with zero attached hydrogens (tertiary/aromatic N) is 1. The first kappa shape index (κ1) is 12.3. The molecule has 1 saturated heterocycles. The first-order valence-corrected chi connectivity index (χ1v) is 6.89. The lowest BCUT2D eigenvalue weighted by Gasteiger charge is -2.14. The van der Waals surface area contributed by atoms with Crippen molar-refractivity contribution in [1.82, 2.24) is 4.90 Å². The Hall–Kier alpha value is 0.270. The highest BCUT2D eigenvalue weighted by Gasteiger charge is 2.10. The highest BCUT2D eigenvalue weighted by atomic mass is 32.2. The Balaban J connectivity index is 1.84. The molecule has 0 bridgehead atoms. The fourth-order valence-electron chi connectivity index (χ4n) is 1.73. The van der Waals surface area contributed by atoms with Gasteiger partial charge >= 0.3 is 0 Å². The molecule has 0 saturated carbocycles. The Bertz CT molecular complexity index is 137. The Labute approximate surface area is 92.1 Å². The van der Waals surface area contributed by atoms with Gasteiger partial charge in [-0.25, -0.2) is 0 Å². The Morgan fingerprint density at radius 3 is 2.71 bits per heavy atom. The van der Waals surface area contributed by atoms with Crippen LogP contribution in [0.1, 0.15) is 26.2 Å². The molecular weight excluding hydrogens is 194 g/mol. The maximum Gasteiger partial charge on any atom is 0.0464 e. The maximum absolute atomic E-state index is 8.84. The van der Waals surface area contributed by atoms with Crippen molar-refractivity contribution in [1.29, 1.82) is 0 Å². The van der Waals surface area contributed by atoms with E-state index in [9.17, 15) is 0 Å². The van der Waals surface area contributed by atoms with Crippen molar-refractivity contribution in [2.45, 2.75) is 26.2 Å². The predicted molar refractivity (Wildman–Crippen MR) is 63.9 cm³/mol. The average Bonchev–Trinajstić information content (AvgIpc) is 2.69. The third-order valence-corrected chi connectivity index (χ3v) is 4.06. The lowest BCUT2D eigenvalue weighted by molar-refractivity contribution is 0.250. The molecule has 1 heterocycles. The number of aliphatic hydroxyl groups is 1. The topological polar surface area (TPSA) is 23.5 Å². The second-order valence-electron chi connectivity index (χ2n) is 4.26. The van der Waals surface area contributed by atoms with Crippen LogP contribution in [-0.2, 0) is 0 Å². The standard InChI is InChI=1S/C11H23NOS/c1-11(9-13)10-14-8-4-7-12-5-2-3-6-12/h11,13H,2-10H2,1H3. The molecule has 0 spiro atoms. The molecule has 1 atom stereocenters. The van der Waals surface area contributed by atoms with Gasteiger partial charge in [-0.05, 0) is 56.3 Å². The van der Waals surface area contributed by atoms with Crippen LogP contribution in [0.3, 0.4) is 0 Å². The van der Waals surface area contributed by atoms with Crippen LogP contribution in [-0.4, -0.2) is 47.8 Å². The molecular formula is C11H23NOS. The monoisotopic (exact) mass is 217 g/mol. The highest BCUT2D eigenvalue weighted by molar-refractivity contribution is 7.99. The summed E-state index contributed by atoms with van der Waals surface area (Å²) in [7, 11) is 0. The van der Waals surface area contributed by atoms with Gasteiger partial charge in [-0.3, -0.25) is 0 Å². The van der Waals surface area contributed by atoms with Crippen molar-refractivity contribution < 1.29 is 5.11 Å². The summed E-state index contributed by atoms with van der Waals surface area (Å²) in [5.41, 5.74) is 0. The van der Waals surface area contributed by atoms with E-state index in [1.807, 2.05) is 11.8 Å². The van der Waals surface area contributed by atoms with Gasteiger partial charge in [0.05, 0.1) is 0 Å². The number of rotatable bonds is 7. The van der Waals surface area contributed by atoms with Gasteiger partial charge in [-0.1, -0.05) is 6.92 Å². The van der Waals surface area contributed by atoms with Gasteiger partial charge in [0.1, 0.15) is 0 Å². The van der Waals surface area contributed by atoms with E-state index in [4.69, 9.17) is 5.11 Å². The SMILES string of the molecule is CC(CO)CSCCCN1CCCC1. The van der Waals surface area contributed by atoms with Gasteiger partial charge in [0.15, 0.2) is 0 Å². The highest BCUT2D eigenvalue weighted by Crippen LogP contribution is 2.11. The van der Waals surface area contributed by atoms with Crippen molar-refractivity contribution in [3.63, 3.8) is 0 Å². The van der Waals surface area contributed by atoms with E-state index in [0.29, 0.717) is 12.5 Å². The fourth-order valence-corrected chi connectivity index (χ4v) is 2.74. The molecule has 2 nitrogen and oxygen atoms in total. The molecule has 1 aliphatic heterocycles. The zero-order valence-corrected chi connectivity index (χ0v) is 10.1. The number of hydrogen-bond donors (Lipinski definition) is 1. The Morgan fingerprint density at radius 1 is 1.36 bits per heavy atom. The van der Waals surface area contributed by atoms with Crippen LogP contribution in [0, 0.1) is 5.92 Å². The zero-order valence-electron chi connectivity index (χ0n) is 9.24. The van der Waals surface area contributed by atoms with Crippen molar-refractivity contribution >= 4 is 11.8 Å². The molecule has 0 aromatic rings. The summed E-state index contributed by atoms with van der Waals surface area (Å²) in [6, 6.07) is 0. The molecule has 1 aliphatic rings. The molecule has 1 N–H and O–H groups in total. The summed E-state index contributed by atoms with van der Waals surface area (Å²) in [6.07, 6.45) is 4.10. The van der Waals surface area contributed by atoms with Gasteiger partial charge in [-0.2, -0.15) is 11.8 Å². The van der Waals surface area contributed by atoms with Crippen molar-refractivity contribution in [3.05, 3.63) is 0 Å². The molecule has 1 unspecified atom stereocenters. The van der Waals surface area contributed by atoms with Crippen LogP contribution in [0.15, 0.2) is 0 Å². The first-order chi connectivity index (χ1) is 6.83. The van der Waals surface area contributed by atoms with Crippen LogP contribution in [0.4, 0.5) is 0 Å². The second kappa shape index (κ2) is 7.55. The van der Waals surface area contributed by atoms with Crippen molar-refractivity contribution in [3.8, 4) is 0 Å². The maximum atomic E-state index is 8.84. The van der Waals surface area contributed by atoms with E-state index >= 15 is 0 Å². The van der Waals surface area contributed by atoms with E-state index < -0.39 is 0 Å². The van der Waals surface area contributed by atoms with E-state index in [2.05, 4.69) is 11.8 Å². The minimum absolute atomic E-state index is 0.332. The van der Waals surface area contributed by atoms with Crippen LogP contribution in [0.2, 0.25) is 0 Å². The molecule has 0 aliphatic carbocycles. The van der Waals surface area contributed by atoms with E-state index in [1.54, 1.807) is 0 Å². The summed E-state index contributed by atoms with van der Waals surface area (Å²) in [5.74, 6) is 2.82. The molecule has 0 amide bonds.